The van der Waals surface area contributed by atoms with Crippen molar-refractivity contribution in [3.63, 3.8) is 0 Å². The van der Waals surface area contributed by atoms with E-state index in [0.29, 0.717) is 17.0 Å². The van der Waals surface area contributed by atoms with Gasteiger partial charge in [-0.3, -0.25) is 9.59 Å². The van der Waals surface area contributed by atoms with E-state index in [9.17, 15) is 9.59 Å². The topological polar surface area (TPSA) is 79.5 Å². The SMILES string of the molecule is Cc1cc(Br)oc1C(=O)NCCSCC(=O)O. The third kappa shape index (κ3) is 4.82. The van der Waals surface area contributed by atoms with Gasteiger partial charge in [-0.15, -0.1) is 11.8 Å². The zero-order valence-corrected chi connectivity index (χ0v) is 11.6. The molecule has 0 fully saturated rings. The van der Waals surface area contributed by atoms with Crippen LogP contribution in [0.25, 0.3) is 0 Å². The van der Waals surface area contributed by atoms with Crippen LogP contribution in [0, 0.1) is 6.92 Å². The molecule has 0 unspecified atom stereocenters. The van der Waals surface area contributed by atoms with E-state index in [1.165, 1.54) is 11.8 Å². The predicted molar refractivity (Wildman–Crippen MR) is 68.4 cm³/mol. The van der Waals surface area contributed by atoms with E-state index in [1.54, 1.807) is 13.0 Å². The molecule has 0 aliphatic carbocycles. The number of amides is 1. The van der Waals surface area contributed by atoms with Gasteiger partial charge in [0, 0.05) is 17.9 Å². The third-order valence-corrected chi connectivity index (χ3v) is 3.19. The second kappa shape index (κ2) is 6.70. The summed E-state index contributed by atoms with van der Waals surface area (Å²) in [5, 5.41) is 11.1. The van der Waals surface area contributed by atoms with Crippen LogP contribution in [0.15, 0.2) is 15.2 Å². The summed E-state index contributed by atoms with van der Waals surface area (Å²) in [6, 6.07) is 1.72. The molecule has 1 heterocycles. The van der Waals surface area contributed by atoms with Crippen LogP contribution in [0.5, 0.6) is 0 Å². The molecule has 5 nitrogen and oxygen atoms in total. The normalized spacial score (nSPS) is 10.2. The molecular weight excluding hydrogens is 310 g/mol. The molecule has 1 amide bonds. The average Bonchev–Trinajstić information content (AvgIpc) is 2.56. The van der Waals surface area contributed by atoms with Crippen molar-refractivity contribution in [2.24, 2.45) is 0 Å². The van der Waals surface area contributed by atoms with Crippen LogP contribution in [0.4, 0.5) is 0 Å². The number of furan rings is 1. The quantitative estimate of drug-likeness (QED) is 0.782. The number of carbonyl (C=O) groups excluding carboxylic acids is 1. The number of carboxylic acids is 1. The molecule has 0 aromatic carbocycles. The Morgan fingerprint density at radius 3 is 2.82 bits per heavy atom. The largest absolute Gasteiger partial charge is 0.481 e. The number of nitrogens with one attached hydrogen (secondary N) is 1. The average molecular weight is 322 g/mol. The van der Waals surface area contributed by atoms with Crippen molar-refractivity contribution < 1.29 is 19.1 Å². The van der Waals surface area contributed by atoms with Gasteiger partial charge < -0.3 is 14.8 Å². The van der Waals surface area contributed by atoms with Crippen molar-refractivity contribution >= 4 is 39.6 Å². The molecule has 0 spiro atoms. The number of aryl methyl sites for hydroxylation is 1. The molecule has 0 radical (unpaired) electrons. The van der Waals surface area contributed by atoms with Crippen LogP contribution in [-0.2, 0) is 4.79 Å². The zero-order chi connectivity index (χ0) is 12.8. The lowest BCUT2D eigenvalue weighted by molar-refractivity contribution is -0.133. The first kappa shape index (κ1) is 14.1. The molecule has 1 rings (SSSR count). The maximum Gasteiger partial charge on any atom is 0.313 e. The van der Waals surface area contributed by atoms with E-state index in [1.807, 2.05) is 0 Å². The Kier molecular flexibility index (Phi) is 5.57. The van der Waals surface area contributed by atoms with E-state index >= 15 is 0 Å². The van der Waals surface area contributed by atoms with Crippen molar-refractivity contribution in [1.82, 2.24) is 5.32 Å². The van der Waals surface area contributed by atoms with Crippen LogP contribution in [0.3, 0.4) is 0 Å². The molecule has 0 bridgehead atoms. The summed E-state index contributed by atoms with van der Waals surface area (Å²) in [7, 11) is 0. The summed E-state index contributed by atoms with van der Waals surface area (Å²) in [5.41, 5.74) is 0.757. The number of thioether (sulfide) groups is 1. The van der Waals surface area contributed by atoms with Crippen molar-refractivity contribution in [2.75, 3.05) is 18.1 Å². The molecule has 0 saturated carbocycles. The van der Waals surface area contributed by atoms with Gasteiger partial charge in [0.15, 0.2) is 10.4 Å². The lowest BCUT2D eigenvalue weighted by Gasteiger charge is -2.02. The van der Waals surface area contributed by atoms with Gasteiger partial charge >= 0.3 is 5.97 Å². The van der Waals surface area contributed by atoms with Crippen molar-refractivity contribution in [3.05, 3.63) is 22.1 Å². The molecule has 17 heavy (non-hydrogen) atoms. The molecule has 0 saturated heterocycles. The highest BCUT2D eigenvalue weighted by Gasteiger charge is 2.14. The number of rotatable bonds is 6. The van der Waals surface area contributed by atoms with Crippen molar-refractivity contribution in [2.45, 2.75) is 6.92 Å². The Labute approximate surface area is 111 Å². The summed E-state index contributed by atoms with van der Waals surface area (Å²) < 4.78 is 5.69. The minimum atomic E-state index is -0.855. The Balaban J connectivity index is 2.30. The van der Waals surface area contributed by atoms with Gasteiger partial charge in [-0.1, -0.05) is 0 Å². The molecule has 1 aromatic heterocycles. The molecule has 7 heteroatoms. The molecule has 0 atom stereocenters. The predicted octanol–water partition coefficient (Wildman–Crippen LogP) is 1.90. The summed E-state index contributed by atoms with van der Waals surface area (Å²) in [6.07, 6.45) is 0. The Morgan fingerprint density at radius 1 is 1.59 bits per heavy atom. The fraction of sp³-hybridized carbons (Fsp3) is 0.400. The highest BCUT2D eigenvalue weighted by Crippen LogP contribution is 2.19. The Bertz CT molecular complexity index is 418. The van der Waals surface area contributed by atoms with Crippen molar-refractivity contribution in [1.29, 1.82) is 0 Å². The van der Waals surface area contributed by atoms with Gasteiger partial charge in [0.05, 0.1) is 5.75 Å². The number of aliphatic carboxylic acids is 1. The van der Waals surface area contributed by atoms with E-state index in [4.69, 9.17) is 9.52 Å². The van der Waals surface area contributed by atoms with Gasteiger partial charge in [0.1, 0.15) is 0 Å². The van der Waals surface area contributed by atoms with Crippen LogP contribution in [-0.4, -0.2) is 35.0 Å². The van der Waals surface area contributed by atoms with Gasteiger partial charge in [0.2, 0.25) is 0 Å². The van der Waals surface area contributed by atoms with Gasteiger partial charge in [0.25, 0.3) is 5.91 Å². The fourth-order valence-electron chi connectivity index (χ4n) is 1.15. The standard InChI is InChI=1S/C10H12BrNO4S/c1-6-4-7(11)16-9(6)10(15)12-2-3-17-5-8(13)14/h4H,2-3,5H2,1H3,(H,12,15)(H,13,14). The number of halogens is 1. The first-order chi connectivity index (χ1) is 8.00. The second-order valence-corrected chi connectivity index (χ2v) is 5.15. The zero-order valence-electron chi connectivity index (χ0n) is 9.16. The fourth-order valence-corrected chi connectivity index (χ4v) is 2.22. The second-order valence-electron chi connectivity index (χ2n) is 3.26. The minimum absolute atomic E-state index is 0.0429. The number of hydrogen-bond donors (Lipinski definition) is 2. The van der Waals surface area contributed by atoms with Crippen LogP contribution in [0.2, 0.25) is 0 Å². The van der Waals surface area contributed by atoms with Crippen molar-refractivity contribution in [3.8, 4) is 0 Å². The minimum Gasteiger partial charge on any atom is -0.481 e. The Hall–Kier alpha value is -0.950. The maximum atomic E-state index is 11.6. The summed E-state index contributed by atoms with van der Waals surface area (Å²) in [4.78, 5) is 21.9. The Morgan fingerprint density at radius 2 is 2.29 bits per heavy atom. The summed E-state index contributed by atoms with van der Waals surface area (Å²) in [6.45, 7) is 2.19. The van der Waals surface area contributed by atoms with E-state index < -0.39 is 5.97 Å². The maximum absolute atomic E-state index is 11.6. The number of hydrogen-bond acceptors (Lipinski definition) is 4. The lowest BCUT2D eigenvalue weighted by atomic mass is 10.3. The first-order valence-corrected chi connectivity index (χ1v) is 6.79. The van der Waals surface area contributed by atoms with Gasteiger partial charge in [-0.2, -0.15) is 0 Å². The number of carboxylic acid groups (broad SMARTS) is 1. The van der Waals surface area contributed by atoms with E-state index in [-0.39, 0.29) is 17.4 Å². The molecular formula is C10H12BrNO4S. The number of carbonyl (C=O) groups is 2. The van der Waals surface area contributed by atoms with Gasteiger partial charge in [-0.25, -0.2) is 0 Å². The first-order valence-electron chi connectivity index (χ1n) is 4.84. The summed E-state index contributed by atoms with van der Waals surface area (Å²) >= 11 is 4.40. The lowest BCUT2D eigenvalue weighted by Crippen LogP contribution is -2.26. The molecule has 0 aliphatic heterocycles. The molecule has 0 aliphatic rings. The molecule has 2 N–H and O–H groups in total. The molecule has 1 aromatic rings. The highest BCUT2D eigenvalue weighted by molar-refractivity contribution is 9.10. The monoisotopic (exact) mass is 321 g/mol. The molecule has 94 valence electrons. The van der Waals surface area contributed by atoms with Crippen LogP contribution < -0.4 is 5.32 Å². The highest BCUT2D eigenvalue weighted by atomic mass is 79.9. The third-order valence-electron chi connectivity index (χ3n) is 1.85. The van der Waals surface area contributed by atoms with E-state index in [0.717, 1.165) is 5.56 Å². The van der Waals surface area contributed by atoms with Gasteiger partial charge in [-0.05, 0) is 28.9 Å². The smallest absolute Gasteiger partial charge is 0.313 e. The van der Waals surface area contributed by atoms with Crippen LogP contribution >= 0.6 is 27.7 Å². The van der Waals surface area contributed by atoms with Crippen LogP contribution in [0.1, 0.15) is 16.1 Å². The summed E-state index contributed by atoms with van der Waals surface area (Å²) in [5.74, 6) is -0.267. The van der Waals surface area contributed by atoms with E-state index in [2.05, 4.69) is 21.2 Å².